The Morgan fingerprint density at radius 2 is 1.86 bits per heavy atom. The quantitative estimate of drug-likeness (QED) is 0.306. The molecule has 37 heavy (non-hydrogen) atoms. The molecule has 0 unspecified atom stereocenters. The van der Waals surface area contributed by atoms with Gasteiger partial charge in [-0.05, 0) is 31.4 Å². The summed E-state index contributed by atoms with van der Waals surface area (Å²) in [4.78, 5) is 50.6. The molecule has 4 rings (SSSR count). The van der Waals surface area contributed by atoms with E-state index in [1.165, 1.54) is 36.9 Å². The number of nitrogens with zero attached hydrogens (tertiary/aromatic N) is 1. The minimum Gasteiger partial charge on any atom is -0.465 e. The zero-order valence-electron chi connectivity index (χ0n) is 20.5. The second-order valence-electron chi connectivity index (χ2n) is 9.15. The lowest BCUT2D eigenvalue weighted by atomic mass is 10.1. The Balaban J connectivity index is 1.53. The molecule has 0 radical (unpaired) electrons. The van der Waals surface area contributed by atoms with Gasteiger partial charge < -0.3 is 19.9 Å². The second-order valence-corrected chi connectivity index (χ2v) is 9.56. The Labute approximate surface area is 218 Å². The lowest BCUT2D eigenvalue weighted by Gasteiger charge is -2.19. The number of benzene rings is 2. The first-order valence-corrected chi connectivity index (χ1v) is 12.3. The van der Waals surface area contributed by atoms with Crippen LogP contribution in [0.2, 0.25) is 5.02 Å². The van der Waals surface area contributed by atoms with Gasteiger partial charge in [-0.2, -0.15) is 0 Å². The van der Waals surface area contributed by atoms with Crippen molar-refractivity contribution in [3.8, 4) is 0 Å². The standard InChI is InChI=1S/C27H27ClFN3O5/c1-15(33)20-13-32(25-18(20)6-4-7-19(25)27(36)37-2)14-23(34)31-22(11-16-9-10-16)26(35)30-12-17-5-3-8-21(28)24(17)29/h3-8,13,16,22H,9-12,14H2,1-2H3,(H,30,35)(H,31,34)/t22-/m0/s1. The van der Waals surface area contributed by atoms with Crippen LogP contribution in [0.1, 0.15) is 52.5 Å². The number of hydrogen-bond acceptors (Lipinski definition) is 5. The number of methoxy groups -OCH3 is 1. The van der Waals surface area contributed by atoms with Crippen LogP contribution >= 0.6 is 11.6 Å². The van der Waals surface area contributed by atoms with Crippen LogP contribution < -0.4 is 10.6 Å². The average Bonchev–Trinajstić information content (AvgIpc) is 3.62. The van der Waals surface area contributed by atoms with E-state index in [0.717, 1.165) is 12.8 Å². The number of ketones is 1. The summed E-state index contributed by atoms with van der Waals surface area (Å²) in [6.07, 6.45) is 3.91. The number of halogens is 2. The van der Waals surface area contributed by atoms with Gasteiger partial charge in [-0.1, -0.05) is 48.7 Å². The van der Waals surface area contributed by atoms with E-state index in [-0.39, 0.29) is 35.0 Å². The van der Waals surface area contributed by atoms with Crippen molar-refractivity contribution >= 4 is 46.1 Å². The van der Waals surface area contributed by atoms with Gasteiger partial charge in [0.1, 0.15) is 18.4 Å². The number of rotatable bonds is 10. The number of esters is 1. The summed E-state index contributed by atoms with van der Waals surface area (Å²) < 4.78 is 20.6. The van der Waals surface area contributed by atoms with E-state index in [9.17, 15) is 23.6 Å². The van der Waals surface area contributed by atoms with Crippen molar-refractivity contribution in [2.75, 3.05) is 7.11 Å². The van der Waals surface area contributed by atoms with Gasteiger partial charge in [-0.15, -0.1) is 0 Å². The highest BCUT2D eigenvalue weighted by Gasteiger charge is 2.31. The monoisotopic (exact) mass is 527 g/mol. The summed E-state index contributed by atoms with van der Waals surface area (Å²) >= 11 is 5.82. The van der Waals surface area contributed by atoms with Crippen LogP contribution in [-0.2, 0) is 27.4 Å². The van der Waals surface area contributed by atoms with Crippen LogP contribution in [0.25, 0.3) is 10.9 Å². The molecule has 3 aromatic rings. The lowest BCUT2D eigenvalue weighted by Crippen LogP contribution is -2.47. The maximum Gasteiger partial charge on any atom is 0.340 e. The van der Waals surface area contributed by atoms with Crippen LogP contribution in [0.5, 0.6) is 0 Å². The molecule has 1 heterocycles. The minimum absolute atomic E-state index is 0.0372. The molecular formula is C27H27ClFN3O5. The molecule has 8 nitrogen and oxygen atoms in total. The van der Waals surface area contributed by atoms with Crippen LogP contribution in [0, 0.1) is 11.7 Å². The largest absolute Gasteiger partial charge is 0.465 e. The van der Waals surface area contributed by atoms with Crippen molar-refractivity contribution < 1.29 is 28.3 Å². The molecule has 2 amide bonds. The minimum atomic E-state index is -0.823. The van der Waals surface area contributed by atoms with Gasteiger partial charge in [-0.3, -0.25) is 14.4 Å². The van der Waals surface area contributed by atoms with E-state index in [1.54, 1.807) is 24.3 Å². The topological polar surface area (TPSA) is 106 Å². The van der Waals surface area contributed by atoms with Gasteiger partial charge >= 0.3 is 5.97 Å². The summed E-state index contributed by atoms with van der Waals surface area (Å²) in [5.41, 5.74) is 1.22. The smallest absolute Gasteiger partial charge is 0.340 e. The van der Waals surface area contributed by atoms with Crippen molar-refractivity contribution in [1.29, 1.82) is 0 Å². The maximum atomic E-state index is 14.2. The molecule has 1 aliphatic carbocycles. The van der Waals surface area contributed by atoms with Crippen molar-refractivity contribution in [2.24, 2.45) is 5.92 Å². The van der Waals surface area contributed by atoms with Crippen molar-refractivity contribution in [2.45, 2.75) is 45.3 Å². The summed E-state index contributed by atoms with van der Waals surface area (Å²) in [6, 6.07) is 8.62. The van der Waals surface area contributed by atoms with Gasteiger partial charge in [0.15, 0.2) is 5.78 Å². The zero-order chi connectivity index (χ0) is 26.7. The Bertz CT molecular complexity index is 1380. The summed E-state index contributed by atoms with van der Waals surface area (Å²) in [5, 5.41) is 5.95. The van der Waals surface area contributed by atoms with Crippen molar-refractivity contribution in [1.82, 2.24) is 15.2 Å². The van der Waals surface area contributed by atoms with E-state index < -0.39 is 29.6 Å². The van der Waals surface area contributed by atoms with Gasteiger partial charge in [0.25, 0.3) is 0 Å². The number of hydrogen-bond donors (Lipinski definition) is 2. The molecule has 0 saturated heterocycles. The third kappa shape index (κ3) is 5.99. The highest BCUT2D eigenvalue weighted by atomic mass is 35.5. The Kier molecular flexibility index (Phi) is 7.92. The van der Waals surface area contributed by atoms with Gasteiger partial charge in [0.05, 0.1) is 23.2 Å². The molecule has 2 aromatic carbocycles. The summed E-state index contributed by atoms with van der Waals surface area (Å²) in [6.45, 7) is 1.10. The highest BCUT2D eigenvalue weighted by molar-refractivity contribution is 6.30. The first kappa shape index (κ1) is 26.3. The fraction of sp³-hybridized carbons (Fsp3) is 0.333. The van der Waals surface area contributed by atoms with Crippen molar-refractivity contribution in [3.63, 3.8) is 0 Å². The van der Waals surface area contributed by atoms with Crippen LogP contribution in [0.4, 0.5) is 4.39 Å². The van der Waals surface area contributed by atoms with Crippen LogP contribution in [0.15, 0.2) is 42.6 Å². The van der Waals surface area contributed by atoms with Crippen LogP contribution in [-0.4, -0.2) is 41.3 Å². The van der Waals surface area contributed by atoms with E-state index in [0.29, 0.717) is 28.8 Å². The molecule has 2 N–H and O–H groups in total. The van der Waals surface area contributed by atoms with Crippen molar-refractivity contribution in [3.05, 3.63) is 70.1 Å². The number of aromatic nitrogens is 1. The number of ether oxygens (including phenoxy) is 1. The normalized spacial score (nSPS) is 13.7. The summed E-state index contributed by atoms with van der Waals surface area (Å²) in [5.74, 6) is -2.00. The van der Waals surface area contributed by atoms with E-state index in [4.69, 9.17) is 16.3 Å². The predicted molar refractivity (Wildman–Crippen MR) is 136 cm³/mol. The molecule has 0 spiro atoms. The van der Waals surface area contributed by atoms with Gasteiger partial charge in [-0.25, -0.2) is 9.18 Å². The first-order chi connectivity index (χ1) is 17.7. The Hall–Kier alpha value is -3.72. The number of para-hydroxylation sites is 1. The molecule has 1 fully saturated rings. The maximum absolute atomic E-state index is 14.2. The molecule has 1 saturated carbocycles. The molecule has 0 aliphatic heterocycles. The molecule has 0 bridgehead atoms. The highest BCUT2D eigenvalue weighted by Crippen LogP contribution is 2.33. The third-order valence-corrected chi connectivity index (χ3v) is 6.69. The van der Waals surface area contributed by atoms with Gasteiger partial charge in [0.2, 0.25) is 11.8 Å². The first-order valence-electron chi connectivity index (χ1n) is 11.9. The van der Waals surface area contributed by atoms with E-state index in [1.807, 2.05) is 0 Å². The average molecular weight is 528 g/mol. The predicted octanol–water partition coefficient (Wildman–Crippen LogP) is 4.02. The number of carbonyl (C=O) groups excluding carboxylic acids is 4. The number of nitrogens with one attached hydrogen (secondary N) is 2. The molecule has 1 atom stereocenters. The summed E-state index contributed by atoms with van der Waals surface area (Å²) in [7, 11) is 1.25. The second kappa shape index (κ2) is 11.1. The fourth-order valence-electron chi connectivity index (χ4n) is 4.34. The number of Topliss-reactive ketones (excluding diaryl/α,β-unsaturated/α-hetero) is 1. The molecule has 1 aromatic heterocycles. The van der Waals surface area contributed by atoms with Crippen LogP contribution in [0.3, 0.4) is 0 Å². The fourth-order valence-corrected chi connectivity index (χ4v) is 4.54. The molecule has 10 heteroatoms. The third-order valence-electron chi connectivity index (χ3n) is 6.40. The number of carbonyl (C=O) groups is 4. The van der Waals surface area contributed by atoms with E-state index in [2.05, 4.69) is 10.6 Å². The molecular weight excluding hydrogens is 501 g/mol. The number of fused-ring (bicyclic) bond motifs is 1. The van der Waals surface area contributed by atoms with Gasteiger partial charge in [0, 0.05) is 29.3 Å². The Morgan fingerprint density at radius 1 is 1.14 bits per heavy atom. The Morgan fingerprint density at radius 3 is 2.54 bits per heavy atom. The SMILES string of the molecule is COC(=O)c1cccc2c(C(C)=O)cn(CC(=O)N[C@@H](CC3CC3)C(=O)NCc3cccc(Cl)c3F)c12. The lowest BCUT2D eigenvalue weighted by molar-refractivity contribution is -0.129. The van der Waals surface area contributed by atoms with E-state index >= 15 is 0 Å². The number of amides is 2. The molecule has 1 aliphatic rings. The zero-order valence-corrected chi connectivity index (χ0v) is 21.2. The molecule has 194 valence electrons.